The third kappa shape index (κ3) is 6.12. The molecule has 2 atom stereocenters. The minimum Gasteiger partial charge on any atom is -0.352 e. The number of imide groups is 1. The fourth-order valence-electron chi connectivity index (χ4n) is 4.12. The highest BCUT2D eigenvalue weighted by Gasteiger charge is 2.35. The van der Waals surface area contributed by atoms with E-state index in [0.29, 0.717) is 23.1 Å². The molecule has 4 amide bonds. The Kier molecular flexibility index (Phi) is 8.73. The number of hydrogen-bond donors (Lipinski definition) is 1. The molecular weight excluding hydrogens is 449 g/mol. The van der Waals surface area contributed by atoms with Crippen LogP contribution in [0.25, 0.3) is 0 Å². The van der Waals surface area contributed by atoms with Gasteiger partial charge < -0.3 is 10.2 Å². The number of carbonyl (C=O) groups excluding carboxylic acids is 4. The summed E-state index contributed by atoms with van der Waals surface area (Å²) in [5, 5.41) is 2.94. The molecular formula is C27H32FN3O4. The predicted octanol–water partition coefficient (Wildman–Crippen LogP) is 3.92. The maximum atomic E-state index is 13.4. The summed E-state index contributed by atoms with van der Waals surface area (Å²) in [5.74, 6) is -1.61. The number of benzene rings is 2. The Morgan fingerprint density at radius 3 is 2.11 bits per heavy atom. The van der Waals surface area contributed by atoms with Crippen LogP contribution in [0.15, 0.2) is 48.5 Å². The lowest BCUT2D eigenvalue weighted by molar-refractivity contribution is -0.141. The summed E-state index contributed by atoms with van der Waals surface area (Å²) in [4.78, 5) is 54.1. The minimum atomic E-state index is -0.694. The quantitative estimate of drug-likeness (QED) is 0.493. The van der Waals surface area contributed by atoms with Crippen LogP contribution >= 0.6 is 0 Å². The van der Waals surface area contributed by atoms with Crippen LogP contribution in [0.4, 0.5) is 4.39 Å². The second kappa shape index (κ2) is 11.7. The van der Waals surface area contributed by atoms with Crippen LogP contribution in [-0.4, -0.2) is 52.1 Å². The zero-order valence-electron chi connectivity index (χ0n) is 20.4. The average molecular weight is 482 g/mol. The molecule has 0 saturated carbocycles. The van der Waals surface area contributed by atoms with Gasteiger partial charge in [-0.05, 0) is 56.0 Å². The molecule has 1 aliphatic heterocycles. The van der Waals surface area contributed by atoms with Crippen LogP contribution in [0.3, 0.4) is 0 Å². The van der Waals surface area contributed by atoms with Crippen LogP contribution in [0.1, 0.15) is 72.7 Å². The van der Waals surface area contributed by atoms with E-state index in [1.54, 1.807) is 36.4 Å². The van der Waals surface area contributed by atoms with Crippen molar-refractivity contribution < 1.29 is 23.6 Å². The standard InChI is InChI=1S/C27H32FN3O4/c1-4-18(3)29-25(33)23(5-2)31(17-19-12-14-20(28)15-13-19)24(32)11-8-16-30-26(34)21-9-6-7-10-22(21)27(30)35/h6-7,9-10,12-15,18,23H,4-5,8,11,16-17H2,1-3H3,(H,29,33)/t18-,23-/m1/s1. The van der Waals surface area contributed by atoms with E-state index in [1.807, 2.05) is 20.8 Å². The molecule has 3 rings (SSSR count). The number of nitrogens with one attached hydrogen (secondary N) is 1. The van der Waals surface area contributed by atoms with Gasteiger partial charge in [0, 0.05) is 25.6 Å². The van der Waals surface area contributed by atoms with E-state index in [0.717, 1.165) is 11.3 Å². The largest absolute Gasteiger partial charge is 0.352 e. The zero-order valence-corrected chi connectivity index (χ0v) is 20.4. The molecule has 0 saturated heterocycles. The number of carbonyl (C=O) groups is 4. The number of amides is 4. The van der Waals surface area contributed by atoms with Crippen LogP contribution < -0.4 is 5.32 Å². The van der Waals surface area contributed by atoms with Crippen molar-refractivity contribution in [3.8, 4) is 0 Å². The third-order valence-electron chi connectivity index (χ3n) is 6.30. The second-order valence-electron chi connectivity index (χ2n) is 8.80. The highest BCUT2D eigenvalue weighted by Crippen LogP contribution is 2.23. The molecule has 35 heavy (non-hydrogen) atoms. The van der Waals surface area contributed by atoms with Gasteiger partial charge in [-0.1, -0.05) is 38.1 Å². The Morgan fingerprint density at radius 2 is 1.57 bits per heavy atom. The zero-order chi connectivity index (χ0) is 25.5. The number of nitrogens with zero attached hydrogens (tertiary/aromatic N) is 2. The monoisotopic (exact) mass is 481 g/mol. The van der Waals surface area contributed by atoms with Crippen molar-refractivity contribution in [3.63, 3.8) is 0 Å². The van der Waals surface area contributed by atoms with E-state index in [1.165, 1.54) is 17.0 Å². The maximum Gasteiger partial charge on any atom is 0.261 e. The molecule has 0 bridgehead atoms. The van der Waals surface area contributed by atoms with E-state index in [9.17, 15) is 23.6 Å². The van der Waals surface area contributed by atoms with Gasteiger partial charge in [-0.25, -0.2) is 4.39 Å². The molecule has 8 heteroatoms. The lowest BCUT2D eigenvalue weighted by Gasteiger charge is -2.31. The summed E-state index contributed by atoms with van der Waals surface area (Å²) in [6, 6.07) is 11.7. The van der Waals surface area contributed by atoms with Crippen LogP contribution in [0.5, 0.6) is 0 Å². The van der Waals surface area contributed by atoms with Crippen molar-refractivity contribution in [3.05, 3.63) is 71.0 Å². The molecule has 0 aliphatic carbocycles. The summed E-state index contributed by atoms with van der Waals surface area (Å²) in [7, 11) is 0. The number of hydrogen-bond acceptors (Lipinski definition) is 4. The summed E-state index contributed by atoms with van der Waals surface area (Å²) in [6.45, 7) is 5.97. The molecule has 0 radical (unpaired) electrons. The van der Waals surface area contributed by atoms with Crippen molar-refractivity contribution in [1.29, 1.82) is 0 Å². The first-order valence-electron chi connectivity index (χ1n) is 12.1. The third-order valence-corrected chi connectivity index (χ3v) is 6.30. The van der Waals surface area contributed by atoms with Crippen molar-refractivity contribution in [2.24, 2.45) is 0 Å². The summed E-state index contributed by atoms with van der Waals surface area (Å²) in [6.07, 6.45) is 1.50. The predicted molar refractivity (Wildman–Crippen MR) is 130 cm³/mol. The number of fused-ring (bicyclic) bond motifs is 1. The number of rotatable bonds is 11. The molecule has 0 aromatic heterocycles. The Morgan fingerprint density at radius 1 is 0.971 bits per heavy atom. The van der Waals surface area contributed by atoms with Gasteiger partial charge in [-0.2, -0.15) is 0 Å². The van der Waals surface area contributed by atoms with Gasteiger partial charge >= 0.3 is 0 Å². The van der Waals surface area contributed by atoms with Gasteiger partial charge in [0.1, 0.15) is 11.9 Å². The Labute approximate surface area is 205 Å². The minimum absolute atomic E-state index is 0.0341. The lowest BCUT2D eigenvalue weighted by Crippen LogP contribution is -2.50. The van der Waals surface area contributed by atoms with Gasteiger partial charge in [0.25, 0.3) is 11.8 Å². The Balaban J connectivity index is 1.71. The van der Waals surface area contributed by atoms with Crippen molar-refractivity contribution >= 4 is 23.6 Å². The first kappa shape index (κ1) is 26.1. The Hall–Kier alpha value is -3.55. The molecule has 0 spiro atoms. The Bertz CT molecular complexity index is 1050. The fourth-order valence-corrected chi connectivity index (χ4v) is 4.12. The van der Waals surface area contributed by atoms with Gasteiger partial charge in [-0.15, -0.1) is 0 Å². The molecule has 1 heterocycles. The molecule has 2 aromatic rings. The van der Waals surface area contributed by atoms with Crippen LogP contribution in [-0.2, 0) is 16.1 Å². The normalized spacial score (nSPS) is 14.5. The van der Waals surface area contributed by atoms with Gasteiger partial charge in [0.05, 0.1) is 11.1 Å². The highest BCUT2D eigenvalue weighted by atomic mass is 19.1. The van der Waals surface area contributed by atoms with E-state index in [2.05, 4.69) is 5.32 Å². The molecule has 2 aromatic carbocycles. The van der Waals surface area contributed by atoms with Crippen LogP contribution in [0.2, 0.25) is 0 Å². The number of halogens is 1. The van der Waals surface area contributed by atoms with Crippen molar-refractivity contribution in [2.75, 3.05) is 6.54 Å². The second-order valence-corrected chi connectivity index (χ2v) is 8.80. The molecule has 186 valence electrons. The first-order chi connectivity index (χ1) is 16.8. The first-order valence-corrected chi connectivity index (χ1v) is 12.1. The van der Waals surface area contributed by atoms with Gasteiger partial charge in [0.2, 0.25) is 11.8 Å². The molecule has 0 unspecified atom stereocenters. The van der Waals surface area contributed by atoms with E-state index in [4.69, 9.17) is 0 Å². The van der Waals surface area contributed by atoms with E-state index >= 15 is 0 Å². The molecule has 1 N–H and O–H groups in total. The van der Waals surface area contributed by atoms with Gasteiger partial charge in [-0.3, -0.25) is 24.1 Å². The summed E-state index contributed by atoms with van der Waals surface area (Å²) >= 11 is 0. The van der Waals surface area contributed by atoms with E-state index in [-0.39, 0.29) is 61.4 Å². The molecule has 1 aliphatic rings. The average Bonchev–Trinajstić information content (AvgIpc) is 3.09. The van der Waals surface area contributed by atoms with Crippen molar-refractivity contribution in [2.45, 2.75) is 65.1 Å². The fraction of sp³-hybridized carbons (Fsp3) is 0.407. The molecule has 7 nitrogen and oxygen atoms in total. The summed E-state index contributed by atoms with van der Waals surface area (Å²) in [5.41, 5.74) is 1.44. The molecule has 0 fully saturated rings. The van der Waals surface area contributed by atoms with Crippen LogP contribution in [0, 0.1) is 5.82 Å². The smallest absolute Gasteiger partial charge is 0.261 e. The van der Waals surface area contributed by atoms with E-state index < -0.39 is 6.04 Å². The highest BCUT2D eigenvalue weighted by molar-refractivity contribution is 6.21. The SMILES string of the molecule is CC[C@@H](C)NC(=O)[C@@H](CC)N(Cc1ccc(F)cc1)C(=O)CCCN1C(=O)c2ccccc2C1=O. The van der Waals surface area contributed by atoms with Crippen molar-refractivity contribution in [1.82, 2.24) is 15.1 Å². The maximum absolute atomic E-state index is 13.4. The summed E-state index contributed by atoms with van der Waals surface area (Å²) < 4.78 is 13.4. The van der Waals surface area contributed by atoms with Gasteiger partial charge in [0.15, 0.2) is 0 Å². The lowest BCUT2D eigenvalue weighted by atomic mass is 10.1. The topological polar surface area (TPSA) is 86.8 Å².